The van der Waals surface area contributed by atoms with Crippen molar-refractivity contribution in [3.63, 3.8) is 0 Å². The van der Waals surface area contributed by atoms with E-state index >= 15 is 0 Å². The first kappa shape index (κ1) is 30.5. The third kappa shape index (κ3) is 4.97. The van der Waals surface area contributed by atoms with Gasteiger partial charge in [-0.3, -0.25) is 0 Å². The van der Waals surface area contributed by atoms with Gasteiger partial charge in [0.1, 0.15) is 23.0 Å². The Morgan fingerprint density at radius 2 is 1.17 bits per heavy atom. The van der Waals surface area contributed by atoms with E-state index in [2.05, 4.69) is 121 Å². The van der Waals surface area contributed by atoms with E-state index in [-0.39, 0.29) is 12.0 Å². The molecule has 2 aliphatic rings. The summed E-state index contributed by atoms with van der Waals surface area (Å²) >= 11 is 0. The van der Waals surface area contributed by atoms with Gasteiger partial charge in [0.25, 0.3) is 0 Å². The number of hydrogen-bond donors (Lipinski definition) is 0. The Hall–Kier alpha value is -7.11. The van der Waals surface area contributed by atoms with Gasteiger partial charge in [-0.15, -0.1) is 0 Å². The van der Waals surface area contributed by atoms with Gasteiger partial charge in [-0.25, -0.2) is 15.0 Å². The fraction of sp³-hybridized carbons (Fsp3) is 0.0408. The summed E-state index contributed by atoms with van der Waals surface area (Å²) in [4.78, 5) is 15.4. The summed E-state index contributed by atoms with van der Waals surface area (Å²) in [5.41, 5.74) is 10.0. The first-order valence-corrected chi connectivity index (χ1v) is 18.3. The third-order valence-corrected chi connectivity index (χ3v) is 10.7. The van der Waals surface area contributed by atoms with Crippen LogP contribution in [0.1, 0.15) is 17.0 Å². The molecule has 1 aliphatic carbocycles. The lowest BCUT2D eigenvalue weighted by Gasteiger charge is -2.24. The quantitative estimate of drug-likeness (QED) is 0.180. The number of fused-ring (bicyclic) bond motifs is 7. The van der Waals surface area contributed by atoms with E-state index in [0.29, 0.717) is 17.5 Å². The van der Waals surface area contributed by atoms with Crippen molar-refractivity contribution in [2.24, 2.45) is 0 Å². The topological polar surface area (TPSA) is 61.0 Å². The Balaban J connectivity index is 1.04. The van der Waals surface area contributed by atoms with Crippen LogP contribution in [0.5, 0.6) is 5.75 Å². The fourth-order valence-corrected chi connectivity index (χ4v) is 8.16. The van der Waals surface area contributed by atoms with Gasteiger partial charge in [0, 0.05) is 38.6 Å². The Morgan fingerprint density at radius 1 is 0.463 bits per heavy atom. The van der Waals surface area contributed by atoms with Crippen molar-refractivity contribution in [2.75, 3.05) is 0 Å². The van der Waals surface area contributed by atoms with Crippen molar-refractivity contribution >= 4 is 38.3 Å². The molecule has 2 atom stereocenters. The molecule has 0 fully saturated rings. The minimum absolute atomic E-state index is 0.00282. The molecule has 254 valence electrons. The van der Waals surface area contributed by atoms with Crippen molar-refractivity contribution in [1.29, 1.82) is 0 Å². The molecular formula is C49H31N3O2. The number of nitrogens with zero attached hydrogens (tertiary/aromatic N) is 3. The fourth-order valence-electron chi connectivity index (χ4n) is 8.16. The number of rotatable bonds is 5. The second kappa shape index (κ2) is 12.2. The van der Waals surface area contributed by atoms with Gasteiger partial charge in [-0.05, 0) is 57.8 Å². The zero-order valence-corrected chi connectivity index (χ0v) is 29.1. The molecule has 0 spiro atoms. The van der Waals surface area contributed by atoms with Crippen molar-refractivity contribution in [1.82, 2.24) is 15.0 Å². The maximum Gasteiger partial charge on any atom is 0.164 e. The number of para-hydroxylation sites is 2. The SMILES string of the molecule is C1=CC2Oc3c(-c4ccc5ccccc5c4)cccc3C2C(c2ccccc2-c2nc(-c3ccccc3)nc(-c3ccc4c(c3)oc3ccccc34)n2)=C1. The highest BCUT2D eigenvalue weighted by Gasteiger charge is 2.39. The van der Waals surface area contributed by atoms with Crippen molar-refractivity contribution in [3.05, 3.63) is 187 Å². The van der Waals surface area contributed by atoms with E-state index in [1.54, 1.807) is 0 Å². The first-order chi connectivity index (χ1) is 26.7. The van der Waals surface area contributed by atoms with Crippen LogP contribution in [0.15, 0.2) is 180 Å². The van der Waals surface area contributed by atoms with E-state index in [9.17, 15) is 0 Å². The van der Waals surface area contributed by atoms with Crippen molar-refractivity contribution < 1.29 is 9.15 Å². The van der Waals surface area contributed by atoms with Crippen LogP contribution in [0.2, 0.25) is 0 Å². The summed E-state index contributed by atoms with van der Waals surface area (Å²) in [6.07, 6.45) is 6.37. The predicted octanol–water partition coefficient (Wildman–Crippen LogP) is 12.1. The molecule has 2 aromatic heterocycles. The summed E-state index contributed by atoms with van der Waals surface area (Å²) in [7, 11) is 0. The van der Waals surface area contributed by atoms with Gasteiger partial charge in [-0.1, -0.05) is 146 Å². The summed E-state index contributed by atoms with van der Waals surface area (Å²) in [5, 5.41) is 4.58. The minimum atomic E-state index is -0.140. The van der Waals surface area contributed by atoms with E-state index in [0.717, 1.165) is 61.1 Å². The molecule has 9 aromatic rings. The molecule has 5 nitrogen and oxygen atoms in total. The largest absolute Gasteiger partial charge is 0.484 e. The van der Waals surface area contributed by atoms with Gasteiger partial charge in [0.15, 0.2) is 17.5 Å². The maximum absolute atomic E-state index is 6.84. The molecule has 0 amide bonds. The van der Waals surface area contributed by atoms with E-state index in [1.807, 2.05) is 54.6 Å². The number of hydrogen-bond acceptors (Lipinski definition) is 5. The third-order valence-electron chi connectivity index (χ3n) is 10.7. The maximum atomic E-state index is 6.84. The van der Waals surface area contributed by atoms with Crippen LogP contribution in [-0.2, 0) is 0 Å². The van der Waals surface area contributed by atoms with Gasteiger partial charge in [0.2, 0.25) is 0 Å². The molecule has 3 heterocycles. The van der Waals surface area contributed by atoms with Gasteiger partial charge >= 0.3 is 0 Å². The second-order valence-corrected chi connectivity index (χ2v) is 13.9. The molecule has 5 heteroatoms. The van der Waals surface area contributed by atoms with Crippen LogP contribution in [0.3, 0.4) is 0 Å². The standard InChI is InChI=1S/C49H31N3O2/c1-2-13-31(14-3-1)47-50-48(34-26-27-38-37-17-8-9-22-42(37)53-44(38)29-34)52-49(51-47)40-18-7-6-16-36(40)39-20-11-23-43-45(39)41-21-10-19-35(46(41)54-43)33-25-24-30-12-4-5-15-32(30)28-33/h1-29,43,45H. The molecular weight excluding hydrogens is 663 g/mol. The molecule has 0 saturated heterocycles. The molecule has 1 aliphatic heterocycles. The molecule has 7 aromatic carbocycles. The van der Waals surface area contributed by atoms with Crippen LogP contribution in [0.25, 0.3) is 83.6 Å². The molecule has 11 rings (SSSR count). The molecule has 0 saturated carbocycles. The van der Waals surface area contributed by atoms with Gasteiger partial charge < -0.3 is 9.15 Å². The average Bonchev–Trinajstić information content (AvgIpc) is 3.82. The number of allylic oxidation sites excluding steroid dienone is 2. The van der Waals surface area contributed by atoms with Crippen LogP contribution in [0, 0.1) is 0 Å². The van der Waals surface area contributed by atoms with Crippen LogP contribution in [0.4, 0.5) is 0 Å². The average molecular weight is 694 g/mol. The molecule has 2 unspecified atom stereocenters. The zero-order chi connectivity index (χ0) is 35.6. The lowest BCUT2D eigenvalue weighted by molar-refractivity contribution is 0.272. The number of aromatic nitrogens is 3. The number of furan rings is 1. The predicted molar refractivity (Wildman–Crippen MR) is 217 cm³/mol. The highest BCUT2D eigenvalue weighted by molar-refractivity contribution is 6.05. The molecule has 0 bridgehead atoms. The Morgan fingerprint density at radius 3 is 2.07 bits per heavy atom. The Labute approximate surface area is 311 Å². The van der Waals surface area contributed by atoms with E-state index < -0.39 is 0 Å². The van der Waals surface area contributed by atoms with Gasteiger partial charge in [0.05, 0.1) is 5.92 Å². The number of benzene rings is 7. The monoisotopic (exact) mass is 693 g/mol. The zero-order valence-electron chi connectivity index (χ0n) is 29.1. The highest BCUT2D eigenvalue weighted by Crippen LogP contribution is 2.52. The summed E-state index contributed by atoms with van der Waals surface area (Å²) in [5.74, 6) is 2.74. The molecule has 54 heavy (non-hydrogen) atoms. The normalized spacial score (nSPS) is 16.0. The molecule has 0 N–H and O–H groups in total. The second-order valence-electron chi connectivity index (χ2n) is 13.9. The van der Waals surface area contributed by atoms with E-state index in [1.165, 1.54) is 21.9 Å². The van der Waals surface area contributed by atoms with Crippen molar-refractivity contribution in [3.8, 4) is 51.0 Å². The van der Waals surface area contributed by atoms with Crippen LogP contribution >= 0.6 is 0 Å². The summed E-state index contributed by atoms with van der Waals surface area (Å²) < 4.78 is 13.1. The Kier molecular flexibility index (Phi) is 6.92. The lowest BCUT2D eigenvalue weighted by Crippen LogP contribution is -2.19. The van der Waals surface area contributed by atoms with Crippen LogP contribution in [-0.4, -0.2) is 21.1 Å². The smallest absolute Gasteiger partial charge is 0.164 e. The van der Waals surface area contributed by atoms with Crippen LogP contribution < -0.4 is 4.74 Å². The van der Waals surface area contributed by atoms with E-state index in [4.69, 9.17) is 24.1 Å². The Bertz CT molecular complexity index is 3000. The number of ether oxygens (including phenoxy) is 1. The first-order valence-electron chi connectivity index (χ1n) is 18.3. The van der Waals surface area contributed by atoms with Gasteiger partial charge in [-0.2, -0.15) is 0 Å². The summed E-state index contributed by atoms with van der Waals surface area (Å²) in [6, 6.07) is 54.5. The summed E-state index contributed by atoms with van der Waals surface area (Å²) in [6.45, 7) is 0. The lowest BCUT2D eigenvalue weighted by atomic mass is 9.79. The molecule has 0 radical (unpaired) electrons. The minimum Gasteiger partial charge on any atom is -0.484 e. The highest BCUT2D eigenvalue weighted by atomic mass is 16.5. The van der Waals surface area contributed by atoms with Crippen molar-refractivity contribution in [2.45, 2.75) is 12.0 Å².